The lowest BCUT2D eigenvalue weighted by Crippen LogP contribution is -2.61. The van der Waals surface area contributed by atoms with E-state index in [1.165, 1.54) is 5.57 Å². The van der Waals surface area contributed by atoms with Crippen molar-refractivity contribution in [2.45, 2.75) is 171 Å². The topological polar surface area (TPSA) is 228 Å². The molecule has 0 aromatic rings. The zero-order chi connectivity index (χ0) is 38.4. The number of aliphatic hydroxyl groups excluding tert-OH is 8. The summed E-state index contributed by atoms with van der Waals surface area (Å²) in [5.74, 6) is -0.366. The second-order valence-electron chi connectivity index (χ2n) is 18.3. The monoisotopic (exact) mass is 756 g/mol. The molecular weight excluding hydrogens is 692 g/mol. The van der Waals surface area contributed by atoms with Crippen molar-refractivity contribution in [1.82, 2.24) is 0 Å². The highest BCUT2D eigenvalue weighted by Crippen LogP contribution is 2.70. The second-order valence-corrected chi connectivity index (χ2v) is 18.3. The Labute approximate surface area is 312 Å². The van der Waals surface area contributed by atoms with E-state index in [0.717, 1.165) is 25.7 Å². The first-order chi connectivity index (χ1) is 24.9. The molecule has 0 aromatic carbocycles. The molecule has 304 valence electrons. The van der Waals surface area contributed by atoms with E-state index in [1.54, 1.807) is 6.92 Å². The van der Waals surface area contributed by atoms with Gasteiger partial charge in [0.1, 0.15) is 42.7 Å². The second kappa shape index (κ2) is 14.8. The van der Waals surface area contributed by atoms with Gasteiger partial charge in [0.25, 0.3) is 0 Å². The average Bonchev–Trinajstić information content (AvgIpc) is 3.56. The van der Waals surface area contributed by atoms with Gasteiger partial charge in [-0.05, 0) is 80.5 Å². The van der Waals surface area contributed by atoms with Crippen molar-refractivity contribution in [3.63, 3.8) is 0 Å². The quantitative estimate of drug-likeness (QED) is 0.145. The smallest absolute Gasteiger partial charge is 0.186 e. The molecule has 14 nitrogen and oxygen atoms in total. The first-order valence-electron chi connectivity index (χ1n) is 20.0. The Morgan fingerprint density at radius 1 is 0.887 bits per heavy atom. The lowest BCUT2D eigenvalue weighted by Gasteiger charge is -2.60. The minimum Gasteiger partial charge on any atom is -0.394 e. The molecule has 3 saturated carbocycles. The first-order valence-corrected chi connectivity index (χ1v) is 20.0. The Bertz CT molecular complexity index is 1330. The van der Waals surface area contributed by atoms with Crippen molar-refractivity contribution in [2.24, 2.45) is 46.3 Å². The van der Waals surface area contributed by atoms with Gasteiger partial charge in [0.2, 0.25) is 0 Å². The summed E-state index contributed by atoms with van der Waals surface area (Å²) in [5.41, 5.74) is 0.695. The Kier molecular flexibility index (Phi) is 11.3. The van der Waals surface area contributed by atoms with E-state index in [1.807, 2.05) is 6.92 Å². The molecule has 0 aromatic heterocycles. The highest BCUT2D eigenvalue weighted by Gasteiger charge is 2.68. The maximum absolute atomic E-state index is 12.0. The fraction of sp³-hybridized carbons (Fsp3) is 0.949. The van der Waals surface area contributed by atoms with E-state index in [-0.39, 0.29) is 41.8 Å². The molecule has 22 atom stereocenters. The molecule has 3 saturated heterocycles. The Hall–Kier alpha value is -0.820. The van der Waals surface area contributed by atoms with E-state index < -0.39 is 91.4 Å². The van der Waals surface area contributed by atoms with E-state index in [4.69, 9.17) is 23.7 Å². The summed E-state index contributed by atoms with van der Waals surface area (Å²) < 4.78 is 30.3. The molecule has 0 bridgehead atoms. The molecule has 4 aliphatic carbocycles. The van der Waals surface area contributed by atoms with Crippen molar-refractivity contribution in [2.75, 3.05) is 13.2 Å². The SMILES string of the molecule is CC(CCC1(O)OC2CC3C4CC=C5CC(O)CC(OC6OC(C)C(O)C(O)C6O)C5(C)C4CCC3(C)C2C1C)COC1OC(CO)C(O)C(O)C1O. The van der Waals surface area contributed by atoms with E-state index in [9.17, 15) is 46.0 Å². The van der Waals surface area contributed by atoms with Crippen LogP contribution in [0.4, 0.5) is 0 Å². The molecule has 53 heavy (non-hydrogen) atoms. The van der Waals surface area contributed by atoms with Crippen LogP contribution in [0.15, 0.2) is 11.6 Å². The van der Waals surface area contributed by atoms with Gasteiger partial charge in [0.05, 0.1) is 37.6 Å². The van der Waals surface area contributed by atoms with Crippen LogP contribution in [0.5, 0.6) is 0 Å². The van der Waals surface area contributed by atoms with Crippen molar-refractivity contribution in [3.8, 4) is 0 Å². The third kappa shape index (κ3) is 6.67. The van der Waals surface area contributed by atoms with Crippen molar-refractivity contribution in [3.05, 3.63) is 11.6 Å². The number of aliphatic hydroxyl groups is 9. The summed E-state index contributed by atoms with van der Waals surface area (Å²) in [5, 5.41) is 94.5. The van der Waals surface area contributed by atoms with Gasteiger partial charge in [0.15, 0.2) is 18.4 Å². The summed E-state index contributed by atoms with van der Waals surface area (Å²) >= 11 is 0. The predicted molar refractivity (Wildman–Crippen MR) is 186 cm³/mol. The fourth-order valence-electron chi connectivity index (χ4n) is 12.1. The normalized spacial score (nSPS) is 55.8. The van der Waals surface area contributed by atoms with Gasteiger partial charge in [-0.3, -0.25) is 0 Å². The lowest BCUT2D eigenvalue weighted by atomic mass is 9.46. The van der Waals surface area contributed by atoms with Gasteiger partial charge < -0.3 is 69.6 Å². The van der Waals surface area contributed by atoms with Gasteiger partial charge in [-0.25, -0.2) is 0 Å². The number of hydrogen-bond acceptors (Lipinski definition) is 14. The van der Waals surface area contributed by atoms with E-state index in [2.05, 4.69) is 26.8 Å². The number of ether oxygens (including phenoxy) is 5. The van der Waals surface area contributed by atoms with E-state index >= 15 is 0 Å². The molecular formula is C39H64O14. The van der Waals surface area contributed by atoms with Gasteiger partial charge in [0, 0.05) is 24.2 Å². The minimum absolute atomic E-state index is 0.0498. The number of allylic oxidation sites excluding steroid dienone is 1. The molecule has 7 aliphatic rings. The number of fused-ring (bicyclic) bond motifs is 7. The third-order valence-corrected chi connectivity index (χ3v) is 15.3. The molecule has 0 amide bonds. The Morgan fingerprint density at radius 3 is 2.30 bits per heavy atom. The summed E-state index contributed by atoms with van der Waals surface area (Å²) in [6.07, 6.45) is -5.88. The molecule has 14 heteroatoms. The summed E-state index contributed by atoms with van der Waals surface area (Å²) in [7, 11) is 0. The van der Waals surface area contributed by atoms with Crippen LogP contribution in [-0.2, 0) is 23.7 Å². The van der Waals surface area contributed by atoms with Crippen LogP contribution in [0.1, 0.15) is 86.0 Å². The molecule has 3 heterocycles. The van der Waals surface area contributed by atoms with Crippen LogP contribution in [0.3, 0.4) is 0 Å². The van der Waals surface area contributed by atoms with Crippen LogP contribution in [-0.4, -0.2) is 145 Å². The zero-order valence-electron chi connectivity index (χ0n) is 31.7. The fourth-order valence-corrected chi connectivity index (χ4v) is 12.1. The summed E-state index contributed by atoms with van der Waals surface area (Å²) in [4.78, 5) is 0. The molecule has 22 unspecified atom stereocenters. The van der Waals surface area contributed by atoms with Gasteiger partial charge in [-0.1, -0.05) is 39.3 Å². The summed E-state index contributed by atoms with van der Waals surface area (Å²) in [6.45, 7) is 9.96. The molecule has 0 radical (unpaired) electrons. The Balaban J connectivity index is 1.00. The zero-order valence-corrected chi connectivity index (χ0v) is 31.7. The largest absolute Gasteiger partial charge is 0.394 e. The van der Waals surface area contributed by atoms with Crippen molar-refractivity contribution < 1.29 is 69.6 Å². The van der Waals surface area contributed by atoms with Crippen LogP contribution in [0.2, 0.25) is 0 Å². The maximum Gasteiger partial charge on any atom is 0.186 e. The highest BCUT2D eigenvalue weighted by atomic mass is 16.7. The number of rotatable bonds is 9. The molecule has 7 rings (SSSR count). The van der Waals surface area contributed by atoms with Crippen LogP contribution in [0, 0.1) is 46.3 Å². The lowest BCUT2D eigenvalue weighted by molar-refractivity contribution is -0.318. The van der Waals surface area contributed by atoms with Gasteiger partial charge in [-0.15, -0.1) is 0 Å². The highest BCUT2D eigenvalue weighted by molar-refractivity contribution is 5.28. The van der Waals surface area contributed by atoms with E-state index in [0.29, 0.717) is 37.5 Å². The average molecular weight is 757 g/mol. The third-order valence-electron chi connectivity index (χ3n) is 15.3. The molecule has 9 N–H and O–H groups in total. The van der Waals surface area contributed by atoms with Crippen molar-refractivity contribution in [1.29, 1.82) is 0 Å². The van der Waals surface area contributed by atoms with Gasteiger partial charge >= 0.3 is 0 Å². The standard InChI is InChI=1S/C39H64O14/c1-17(16-49-35-33(46)32(45)30(43)26(15-40)51-35)8-11-39(48)18(2)28-25(53-39)14-24-22-7-6-20-12-21(41)13-27(38(20,5)23(22)9-10-37(24,28)4)52-36-34(47)31(44)29(42)19(3)50-36/h6,17-19,21-36,40-48H,7-16H2,1-5H3. The molecule has 0 spiro atoms. The molecule has 6 fully saturated rings. The van der Waals surface area contributed by atoms with Crippen LogP contribution < -0.4 is 0 Å². The number of hydrogen-bond donors (Lipinski definition) is 9. The van der Waals surface area contributed by atoms with Gasteiger partial charge in [-0.2, -0.15) is 0 Å². The first kappa shape index (κ1) is 40.4. The summed E-state index contributed by atoms with van der Waals surface area (Å²) in [6, 6.07) is 0. The van der Waals surface area contributed by atoms with Crippen LogP contribution >= 0.6 is 0 Å². The Morgan fingerprint density at radius 2 is 1.58 bits per heavy atom. The predicted octanol–water partition coefficient (Wildman–Crippen LogP) is 0.315. The minimum atomic E-state index is -1.51. The van der Waals surface area contributed by atoms with Crippen LogP contribution in [0.25, 0.3) is 0 Å². The maximum atomic E-state index is 12.0. The molecule has 3 aliphatic heterocycles. The van der Waals surface area contributed by atoms with Crippen molar-refractivity contribution >= 4 is 0 Å².